The Bertz CT molecular complexity index is 745. The largest absolute Gasteiger partial charge is 0.489 e. The molecule has 0 bridgehead atoms. The standard InChI is InChI=1S/C19H18O2/c1-14-2-4-15(5-3-14)13-21-19-9-8-17-10-16(12-20)6-7-18(17)11-19/h2-11,20H,12-13H2,1H3. The highest BCUT2D eigenvalue weighted by Crippen LogP contribution is 2.23. The zero-order valence-corrected chi connectivity index (χ0v) is 12.0. The van der Waals surface area contributed by atoms with E-state index in [0.29, 0.717) is 6.61 Å². The van der Waals surface area contributed by atoms with Crippen LogP contribution in [0.25, 0.3) is 10.8 Å². The van der Waals surface area contributed by atoms with Crippen molar-refractivity contribution < 1.29 is 9.84 Å². The van der Waals surface area contributed by atoms with Crippen LogP contribution in [0.5, 0.6) is 5.75 Å². The molecular formula is C19H18O2. The van der Waals surface area contributed by atoms with Crippen molar-refractivity contribution in [2.45, 2.75) is 20.1 Å². The summed E-state index contributed by atoms with van der Waals surface area (Å²) in [5, 5.41) is 11.4. The fourth-order valence-electron chi connectivity index (χ4n) is 2.31. The number of ether oxygens (including phenoxy) is 1. The Labute approximate surface area is 124 Å². The van der Waals surface area contributed by atoms with Crippen molar-refractivity contribution in [3.8, 4) is 5.75 Å². The van der Waals surface area contributed by atoms with Gasteiger partial charge in [0.15, 0.2) is 0 Å². The van der Waals surface area contributed by atoms with Gasteiger partial charge in [-0.05, 0) is 47.0 Å². The molecule has 2 nitrogen and oxygen atoms in total. The Kier molecular flexibility index (Phi) is 3.89. The number of rotatable bonds is 4. The Morgan fingerprint density at radius 2 is 1.48 bits per heavy atom. The summed E-state index contributed by atoms with van der Waals surface area (Å²) in [4.78, 5) is 0. The Morgan fingerprint density at radius 1 is 0.810 bits per heavy atom. The molecule has 3 aromatic rings. The van der Waals surface area contributed by atoms with Gasteiger partial charge in [-0.1, -0.05) is 48.0 Å². The van der Waals surface area contributed by atoms with E-state index >= 15 is 0 Å². The van der Waals surface area contributed by atoms with E-state index in [-0.39, 0.29) is 6.61 Å². The highest BCUT2D eigenvalue weighted by atomic mass is 16.5. The maximum Gasteiger partial charge on any atom is 0.120 e. The number of hydrogen-bond donors (Lipinski definition) is 1. The first-order chi connectivity index (χ1) is 10.2. The van der Waals surface area contributed by atoms with Gasteiger partial charge in [-0.3, -0.25) is 0 Å². The molecule has 0 aliphatic rings. The summed E-state index contributed by atoms with van der Waals surface area (Å²) in [5.74, 6) is 0.861. The minimum Gasteiger partial charge on any atom is -0.489 e. The molecule has 0 aliphatic carbocycles. The number of hydrogen-bond acceptors (Lipinski definition) is 2. The van der Waals surface area contributed by atoms with Crippen molar-refractivity contribution in [3.63, 3.8) is 0 Å². The van der Waals surface area contributed by atoms with Crippen LogP contribution >= 0.6 is 0 Å². The number of aliphatic hydroxyl groups is 1. The van der Waals surface area contributed by atoms with Crippen molar-refractivity contribution in [1.82, 2.24) is 0 Å². The smallest absolute Gasteiger partial charge is 0.120 e. The van der Waals surface area contributed by atoms with Gasteiger partial charge in [-0.25, -0.2) is 0 Å². The molecule has 0 heterocycles. The van der Waals surface area contributed by atoms with E-state index in [1.165, 1.54) is 5.56 Å². The normalized spacial score (nSPS) is 10.8. The highest BCUT2D eigenvalue weighted by molar-refractivity contribution is 5.84. The first kappa shape index (κ1) is 13.7. The number of aryl methyl sites for hydroxylation is 1. The molecule has 0 amide bonds. The third kappa shape index (κ3) is 3.23. The minimum atomic E-state index is 0.0710. The number of fused-ring (bicyclic) bond motifs is 1. The molecule has 3 rings (SSSR count). The fourth-order valence-corrected chi connectivity index (χ4v) is 2.31. The first-order valence-corrected chi connectivity index (χ1v) is 7.06. The van der Waals surface area contributed by atoms with Gasteiger partial charge < -0.3 is 9.84 Å². The summed E-state index contributed by atoms with van der Waals surface area (Å²) in [6.07, 6.45) is 0. The molecule has 0 atom stereocenters. The second kappa shape index (κ2) is 5.98. The Morgan fingerprint density at radius 3 is 2.24 bits per heavy atom. The topological polar surface area (TPSA) is 29.5 Å². The maximum absolute atomic E-state index is 9.16. The lowest BCUT2D eigenvalue weighted by Gasteiger charge is -2.08. The summed E-state index contributed by atoms with van der Waals surface area (Å²) in [6, 6.07) is 20.3. The van der Waals surface area contributed by atoms with Crippen molar-refractivity contribution in [2.24, 2.45) is 0 Å². The summed E-state index contributed by atoms with van der Waals surface area (Å²) >= 11 is 0. The molecule has 106 valence electrons. The van der Waals surface area contributed by atoms with E-state index in [9.17, 15) is 0 Å². The zero-order chi connectivity index (χ0) is 14.7. The van der Waals surface area contributed by atoms with Gasteiger partial charge in [0.1, 0.15) is 12.4 Å². The molecule has 3 aromatic carbocycles. The molecule has 1 N–H and O–H groups in total. The molecule has 0 unspecified atom stereocenters. The first-order valence-electron chi connectivity index (χ1n) is 7.06. The van der Waals surface area contributed by atoms with Crippen molar-refractivity contribution in [2.75, 3.05) is 0 Å². The second-order valence-electron chi connectivity index (χ2n) is 5.28. The van der Waals surface area contributed by atoms with Crippen LogP contribution in [0.1, 0.15) is 16.7 Å². The van der Waals surface area contributed by atoms with E-state index in [1.807, 2.05) is 36.4 Å². The van der Waals surface area contributed by atoms with E-state index < -0.39 is 0 Å². The summed E-state index contributed by atoms with van der Waals surface area (Å²) < 4.78 is 5.85. The van der Waals surface area contributed by atoms with Crippen LogP contribution in [0.3, 0.4) is 0 Å². The molecule has 0 spiro atoms. The second-order valence-corrected chi connectivity index (χ2v) is 5.28. The Balaban J connectivity index is 1.76. The van der Waals surface area contributed by atoms with E-state index in [4.69, 9.17) is 9.84 Å². The van der Waals surface area contributed by atoms with Crippen LogP contribution in [0.2, 0.25) is 0 Å². The van der Waals surface area contributed by atoms with Crippen LogP contribution in [-0.4, -0.2) is 5.11 Å². The van der Waals surface area contributed by atoms with Gasteiger partial charge in [0.2, 0.25) is 0 Å². The fraction of sp³-hybridized carbons (Fsp3) is 0.158. The summed E-state index contributed by atoms with van der Waals surface area (Å²) in [5.41, 5.74) is 3.34. The van der Waals surface area contributed by atoms with Gasteiger partial charge >= 0.3 is 0 Å². The molecule has 0 aliphatic heterocycles. The molecule has 2 heteroatoms. The lowest BCUT2D eigenvalue weighted by atomic mass is 10.1. The van der Waals surface area contributed by atoms with E-state index in [2.05, 4.69) is 31.2 Å². The lowest BCUT2D eigenvalue weighted by molar-refractivity contribution is 0.282. The van der Waals surface area contributed by atoms with Gasteiger partial charge in [-0.15, -0.1) is 0 Å². The summed E-state index contributed by atoms with van der Waals surface area (Å²) in [7, 11) is 0. The average molecular weight is 278 g/mol. The monoisotopic (exact) mass is 278 g/mol. The molecule has 0 radical (unpaired) electrons. The molecule has 0 aromatic heterocycles. The Hall–Kier alpha value is -2.32. The predicted octanol–water partition coefficient (Wildman–Crippen LogP) is 4.22. The van der Waals surface area contributed by atoms with Gasteiger partial charge in [0, 0.05) is 0 Å². The molecule has 0 saturated heterocycles. The van der Waals surface area contributed by atoms with Crippen molar-refractivity contribution in [3.05, 3.63) is 77.4 Å². The molecule has 0 fully saturated rings. The van der Waals surface area contributed by atoms with Crippen molar-refractivity contribution >= 4 is 10.8 Å². The lowest BCUT2D eigenvalue weighted by Crippen LogP contribution is -1.95. The van der Waals surface area contributed by atoms with Crippen LogP contribution in [-0.2, 0) is 13.2 Å². The van der Waals surface area contributed by atoms with E-state index in [0.717, 1.165) is 27.6 Å². The third-order valence-electron chi connectivity index (χ3n) is 3.58. The zero-order valence-electron chi connectivity index (χ0n) is 12.0. The van der Waals surface area contributed by atoms with Crippen LogP contribution in [0.4, 0.5) is 0 Å². The number of aliphatic hydroxyl groups excluding tert-OH is 1. The number of benzene rings is 3. The quantitative estimate of drug-likeness (QED) is 0.774. The van der Waals surface area contributed by atoms with Crippen LogP contribution < -0.4 is 4.74 Å². The summed E-state index contributed by atoms with van der Waals surface area (Å²) in [6.45, 7) is 2.72. The highest BCUT2D eigenvalue weighted by Gasteiger charge is 2.00. The molecular weight excluding hydrogens is 260 g/mol. The van der Waals surface area contributed by atoms with Crippen molar-refractivity contribution in [1.29, 1.82) is 0 Å². The third-order valence-corrected chi connectivity index (χ3v) is 3.58. The van der Waals surface area contributed by atoms with Gasteiger partial charge in [0.05, 0.1) is 6.61 Å². The van der Waals surface area contributed by atoms with Gasteiger partial charge in [0.25, 0.3) is 0 Å². The van der Waals surface area contributed by atoms with E-state index in [1.54, 1.807) is 0 Å². The van der Waals surface area contributed by atoms with Crippen LogP contribution in [0.15, 0.2) is 60.7 Å². The minimum absolute atomic E-state index is 0.0710. The average Bonchev–Trinajstić information content (AvgIpc) is 2.53. The predicted molar refractivity (Wildman–Crippen MR) is 85.4 cm³/mol. The maximum atomic E-state index is 9.16. The van der Waals surface area contributed by atoms with Gasteiger partial charge in [-0.2, -0.15) is 0 Å². The SMILES string of the molecule is Cc1ccc(COc2ccc3cc(CO)ccc3c2)cc1. The molecule has 21 heavy (non-hydrogen) atoms. The van der Waals surface area contributed by atoms with Crippen LogP contribution in [0, 0.1) is 6.92 Å². The molecule has 0 saturated carbocycles.